The lowest BCUT2D eigenvalue weighted by Gasteiger charge is -2.23. The van der Waals surface area contributed by atoms with Crippen molar-refractivity contribution in [2.45, 2.75) is 46.3 Å². The highest BCUT2D eigenvalue weighted by Crippen LogP contribution is 2.32. The second kappa shape index (κ2) is 7.50. The molecule has 1 amide bonds. The topological polar surface area (TPSA) is 67.5 Å². The number of amides is 1. The molecule has 26 heavy (non-hydrogen) atoms. The van der Waals surface area contributed by atoms with Gasteiger partial charge in [0.2, 0.25) is 0 Å². The van der Waals surface area contributed by atoms with Crippen LogP contribution in [-0.4, -0.2) is 47.1 Å². The van der Waals surface area contributed by atoms with Crippen molar-refractivity contribution >= 4 is 5.91 Å². The summed E-state index contributed by atoms with van der Waals surface area (Å²) in [6.45, 7) is 8.60. The van der Waals surface area contributed by atoms with Gasteiger partial charge in [0.05, 0.1) is 17.8 Å². The van der Waals surface area contributed by atoms with Crippen molar-refractivity contribution in [3.05, 3.63) is 46.5 Å². The molecule has 2 aromatic rings. The molecule has 1 aliphatic rings. The fourth-order valence-electron chi connectivity index (χ4n) is 3.27. The van der Waals surface area contributed by atoms with E-state index in [1.165, 1.54) is 5.56 Å². The van der Waals surface area contributed by atoms with Gasteiger partial charge >= 0.3 is 0 Å². The number of likely N-dealkylation sites (tertiary alicyclic amines) is 1. The van der Waals surface area contributed by atoms with Crippen molar-refractivity contribution in [1.82, 2.24) is 14.9 Å². The largest absolute Gasteiger partial charge is 0.484 e. The third-order valence-electron chi connectivity index (χ3n) is 5.22. The van der Waals surface area contributed by atoms with Gasteiger partial charge in [-0.1, -0.05) is 6.07 Å². The Labute approximate surface area is 154 Å². The van der Waals surface area contributed by atoms with E-state index in [0.29, 0.717) is 12.3 Å². The van der Waals surface area contributed by atoms with Gasteiger partial charge in [-0.3, -0.25) is 4.79 Å². The summed E-state index contributed by atoms with van der Waals surface area (Å²) in [4.78, 5) is 22.5. The van der Waals surface area contributed by atoms with Gasteiger partial charge in [-0.05, 0) is 51.0 Å². The maximum absolute atomic E-state index is 12.8. The van der Waals surface area contributed by atoms with E-state index in [1.54, 1.807) is 7.11 Å². The molecular weight excluding hydrogens is 330 g/mol. The summed E-state index contributed by atoms with van der Waals surface area (Å²) in [6.07, 6.45) is 0.745. The first kappa shape index (κ1) is 18.5. The molecule has 1 aliphatic heterocycles. The summed E-state index contributed by atoms with van der Waals surface area (Å²) in [5.74, 6) is 1.48. The number of carbonyl (C=O) groups is 1. The van der Waals surface area contributed by atoms with Crippen LogP contribution in [0.3, 0.4) is 0 Å². The maximum atomic E-state index is 12.8. The lowest BCUT2D eigenvalue weighted by atomic mass is 10.1. The molecule has 0 bridgehead atoms. The van der Waals surface area contributed by atoms with Gasteiger partial charge in [0, 0.05) is 25.8 Å². The van der Waals surface area contributed by atoms with Gasteiger partial charge in [-0.15, -0.1) is 0 Å². The lowest BCUT2D eigenvalue weighted by Crippen LogP contribution is -2.36. The first-order valence-electron chi connectivity index (χ1n) is 8.94. The quantitative estimate of drug-likeness (QED) is 0.893. The van der Waals surface area contributed by atoms with E-state index in [-0.39, 0.29) is 24.7 Å². The van der Waals surface area contributed by atoms with Crippen LogP contribution in [0.5, 0.6) is 5.75 Å². The Morgan fingerprint density at radius 3 is 2.65 bits per heavy atom. The van der Waals surface area contributed by atoms with Gasteiger partial charge in [0.25, 0.3) is 5.91 Å². The van der Waals surface area contributed by atoms with Crippen LogP contribution in [0.2, 0.25) is 0 Å². The van der Waals surface area contributed by atoms with E-state index in [1.807, 2.05) is 43.9 Å². The number of aromatic nitrogens is 2. The first-order valence-corrected chi connectivity index (χ1v) is 8.94. The Balaban J connectivity index is 1.71. The molecule has 2 heterocycles. The van der Waals surface area contributed by atoms with Crippen molar-refractivity contribution < 1.29 is 14.3 Å². The molecule has 140 valence electrons. The lowest BCUT2D eigenvalue weighted by molar-refractivity contribution is -0.134. The molecule has 1 saturated heterocycles. The molecule has 1 fully saturated rings. The molecule has 0 saturated carbocycles. The van der Waals surface area contributed by atoms with E-state index in [0.717, 1.165) is 29.2 Å². The highest BCUT2D eigenvalue weighted by molar-refractivity contribution is 5.78. The fourth-order valence-corrected chi connectivity index (χ4v) is 3.27. The number of nitrogens with one attached hydrogen (secondary N) is 1. The van der Waals surface area contributed by atoms with Crippen LogP contribution in [0.4, 0.5) is 0 Å². The number of nitrogens with zero attached hydrogens (tertiary/aromatic N) is 2. The Kier molecular flexibility index (Phi) is 5.32. The number of aryl methyl sites for hydroxylation is 4. The number of rotatable bonds is 5. The van der Waals surface area contributed by atoms with Crippen LogP contribution in [0.15, 0.2) is 18.2 Å². The van der Waals surface area contributed by atoms with E-state index >= 15 is 0 Å². The first-order chi connectivity index (χ1) is 12.4. The fraction of sp³-hybridized carbons (Fsp3) is 0.500. The number of ether oxygens (including phenoxy) is 2. The van der Waals surface area contributed by atoms with Crippen LogP contribution >= 0.6 is 0 Å². The summed E-state index contributed by atoms with van der Waals surface area (Å²) < 4.78 is 11.2. The molecule has 0 spiro atoms. The van der Waals surface area contributed by atoms with Crippen LogP contribution in [0.25, 0.3) is 0 Å². The van der Waals surface area contributed by atoms with E-state index in [2.05, 4.69) is 16.9 Å². The minimum atomic E-state index is -0.108. The number of aromatic amines is 1. The molecule has 6 nitrogen and oxygen atoms in total. The summed E-state index contributed by atoms with van der Waals surface area (Å²) in [7, 11) is 1.68. The standard InChI is InChI=1S/C20H27N3O3/c1-12-6-7-16(8-13(12)2)26-11-19(24)23-10-17(25-5)9-18(23)20-21-14(3)15(4)22-20/h6-8,17-18H,9-11H2,1-5H3,(H,21,22)/t17-,18+/m1/s1. The maximum Gasteiger partial charge on any atom is 0.261 e. The number of hydrogen-bond acceptors (Lipinski definition) is 4. The minimum Gasteiger partial charge on any atom is -0.484 e. The van der Waals surface area contributed by atoms with Crippen molar-refractivity contribution in [2.24, 2.45) is 0 Å². The summed E-state index contributed by atoms with van der Waals surface area (Å²) >= 11 is 0. The van der Waals surface area contributed by atoms with Crippen LogP contribution in [0, 0.1) is 27.7 Å². The van der Waals surface area contributed by atoms with Crippen LogP contribution in [-0.2, 0) is 9.53 Å². The third-order valence-corrected chi connectivity index (χ3v) is 5.22. The van der Waals surface area contributed by atoms with Crippen molar-refractivity contribution in [3.8, 4) is 5.75 Å². The van der Waals surface area contributed by atoms with Gasteiger partial charge in [-0.2, -0.15) is 0 Å². The summed E-state index contributed by atoms with van der Waals surface area (Å²) in [5, 5.41) is 0. The summed E-state index contributed by atoms with van der Waals surface area (Å²) in [5.41, 5.74) is 4.34. The number of carbonyl (C=O) groups excluding carboxylic acids is 1. The molecule has 0 radical (unpaired) electrons. The number of benzene rings is 1. The molecule has 0 unspecified atom stereocenters. The summed E-state index contributed by atoms with van der Waals surface area (Å²) in [6, 6.07) is 5.75. The normalized spacial score (nSPS) is 19.8. The second-order valence-electron chi connectivity index (χ2n) is 7.02. The van der Waals surface area contributed by atoms with Crippen molar-refractivity contribution in [1.29, 1.82) is 0 Å². The predicted molar refractivity (Wildman–Crippen MR) is 99.3 cm³/mol. The Bertz CT molecular complexity index is 780. The number of hydrogen-bond donors (Lipinski definition) is 1. The minimum absolute atomic E-state index is 0.00804. The van der Waals surface area contributed by atoms with E-state index in [4.69, 9.17) is 9.47 Å². The molecule has 1 aromatic carbocycles. The van der Waals surface area contributed by atoms with Crippen LogP contribution in [0.1, 0.15) is 40.8 Å². The smallest absolute Gasteiger partial charge is 0.261 e. The SMILES string of the molecule is CO[C@@H]1C[C@@H](c2nc(C)c(C)[nH]2)N(C(=O)COc2ccc(C)c(C)c2)C1. The predicted octanol–water partition coefficient (Wildman–Crippen LogP) is 3.01. The third kappa shape index (κ3) is 3.75. The van der Waals surface area contributed by atoms with E-state index in [9.17, 15) is 4.79 Å². The van der Waals surface area contributed by atoms with Gasteiger partial charge < -0.3 is 19.4 Å². The number of imidazole rings is 1. The Morgan fingerprint density at radius 1 is 1.27 bits per heavy atom. The molecule has 3 rings (SSSR count). The second-order valence-corrected chi connectivity index (χ2v) is 7.02. The molecule has 1 aromatic heterocycles. The van der Waals surface area contributed by atoms with Crippen molar-refractivity contribution in [3.63, 3.8) is 0 Å². The average molecular weight is 357 g/mol. The number of methoxy groups -OCH3 is 1. The van der Waals surface area contributed by atoms with Gasteiger partial charge in [-0.25, -0.2) is 4.98 Å². The van der Waals surface area contributed by atoms with Gasteiger partial charge in [0.1, 0.15) is 11.6 Å². The van der Waals surface area contributed by atoms with Crippen molar-refractivity contribution in [2.75, 3.05) is 20.3 Å². The Hall–Kier alpha value is -2.34. The zero-order valence-electron chi connectivity index (χ0n) is 16.1. The highest BCUT2D eigenvalue weighted by Gasteiger charge is 2.38. The highest BCUT2D eigenvalue weighted by atomic mass is 16.5. The Morgan fingerprint density at radius 2 is 2.04 bits per heavy atom. The van der Waals surface area contributed by atoms with Crippen LogP contribution < -0.4 is 4.74 Å². The molecule has 1 N–H and O–H groups in total. The monoisotopic (exact) mass is 357 g/mol. The zero-order valence-corrected chi connectivity index (χ0v) is 16.1. The molecule has 6 heteroatoms. The van der Waals surface area contributed by atoms with Gasteiger partial charge in [0.15, 0.2) is 6.61 Å². The average Bonchev–Trinajstić information content (AvgIpc) is 3.19. The molecular formula is C20H27N3O3. The molecule has 0 aliphatic carbocycles. The van der Waals surface area contributed by atoms with E-state index < -0.39 is 0 Å². The zero-order chi connectivity index (χ0) is 18.8. The number of H-pyrrole nitrogens is 1. The molecule has 2 atom stereocenters.